The van der Waals surface area contributed by atoms with Crippen LogP contribution in [0, 0.1) is 0 Å². The molecular weight excluding hydrogens is 329 g/mol. The number of aromatic nitrogens is 1. The SMILES string of the molecule is Nc1nc2c(s1)C1(CCOCC1)Oc1cc(C(F)(F)F)ccc1-2. The van der Waals surface area contributed by atoms with Gasteiger partial charge in [0.25, 0.3) is 0 Å². The van der Waals surface area contributed by atoms with Gasteiger partial charge in [-0.3, -0.25) is 0 Å². The minimum Gasteiger partial charge on any atom is -0.481 e. The Balaban J connectivity index is 1.89. The lowest BCUT2D eigenvalue weighted by Gasteiger charge is -2.40. The van der Waals surface area contributed by atoms with Crippen molar-refractivity contribution in [3.8, 4) is 17.0 Å². The highest BCUT2D eigenvalue weighted by Gasteiger charge is 2.45. The van der Waals surface area contributed by atoms with Crippen molar-refractivity contribution in [2.24, 2.45) is 0 Å². The molecule has 4 rings (SSSR count). The van der Waals surface area contributed by atoms with Gasteiger partial charge >= 0.3 is 6.18 Å². The summed E-state index contributed by atoms with van der Waals surface area (Å²) in [5, 5.41) is 0.386. The molecule has 0 saturated carbocycles. The molecule has 0 unspecified atom stereocenters. The maximum absolute atomic E-state index is 13.0. The molecular formula is C15H13F3N2O2S. The predicted molar refractivity (Wildman–Crippen MR) is 79.3 cm³/mol. The molecule has 0 radical (unpaired) electrons. The van der Waals surface area contributed by atoms with Gasteiger partial charge in [-0.15, -0.1) is 0 Å². The molecule has 2 aliphatic heterocycles. The van der Waals surface area contributed by atoms with Crippen molar-refractivity contribution in [1.82, 2.24) is 4.98 Å². The second-order valence-corrected chi connectivity index (χ2v) is 6.68. The molecule has 2 N–H and O–H groups in total. The van der Waals surface area contributed by atoms with Crippen LogP contribution in [0.3, 0.4) is 0 Å². The van der Waals surface area contributed by atoms with E-state index in [1.807, 2.05) is 0 Å². The highest BCUT2D eigenvalue weighted by Crippen LogP contribution is 2.52. The van der Waals surface area contributed by atoms with E-state index in [0.717, 1.165) is 17.0 Å². The van der Waals surface area contributed by atoms with Crippen molar-refractivity contribution >= 4 is 16.5 Å². The summed E-state index contributed by atoms with van der Waals surface area (Å²) in [5.41, 5.74) is 5.60. The van der Waals surface area contributed by atoms with Crippen molar-refractivity contribution in [2.75, 3.05) is 18.9 Å². The topological polar surface area (TPSA) is 57.4 Å². The molecule has 1 aromatic carbocycles. The van der Waals surface area contributed by atoms with Crippen LogP contribution in [0.15, 0.2) is 18.2 Å². The largest absolute Gasteiger partial charge is 0.481 e. The van der Waals surface area contributed by atoms with Crippen molar-refractivity contribution < 1.29 is 22.6 Å². The summed E-state index contributed by atoms with van der Waals surface area (Å²) in [6.45, 7) is 0.983. The molecule has 0 bridgehead atoms. The van der Waals surface area contributed by atoms with Gasteiger partial charge in [-0.05, 0) is 18.2 Å². The third-order valence-corrected chi connectivity index (χ3v) is 5.30. The lowest BCUT2D eigenvalue weighted by Crippen LogP contribution is -2.40. The number of halogens is 3. The average Bonchev–Trinajstić information content (AvgIpc) is 2.90. The molecule has 1 aromatic heterocycles. The molecule has 8 heteroatoms. The first-order valence-corrected chi connectivity index (χ1v) is 7.96. The molecule has 23 heavy (non-hydrogen) atoms. The highest BCUT2D eigenvalue weighted by atomic mass is 32.1. The van der Waals surface area contributed by atoms with E-state index in [2.05, 4.69) is 4.98 Å². The number of anilines is 1. The predicted octanol–water partition coefficient (Wildman–Crippen LogP) is 3.81. The van der Waals surface area contributed by atoms with Crippen LogP contribution < -0.4 is 10.5 Å². The zero-order chi connectivity index (χ0) is 16.2. The van der Waals surface area contributed by atoms with E-state index >= 15 is 0 Å². The van der Waals surface area contributed by atoms with Gasteiger partial charge in [0, 0.05) is 18.4 Å². The van der Waals surface area contributed by atoms with Gasteiger partial charge < -0.3 is 15.2 Å². The van der Waals surface area contributed by atoms with Crippen LogP contribution >= 0.6 is 11.3 Å². The summed E-state index contributed by atoms with van der Waals surface area (Å²) in [6.07, 6.45) is -3.28. The molecule has 3 heterocycles. The lowest BCUT2D eigenvalue weighted by molar-refractivity contribution is -0.137. The van der Waals surface area contributed by atoms with Gasteiger partial charge in [0.05, 0.1) is 29.3 Å². The van der Waals surface area contributed by atoms with Crippen LogP contribution in [-0.4, -0.2) is 18.2 Å². The standard InChI is InChI=1S/C15H13F3N2O2S/c16-15(17,18)8-1-2-9-10(7-8)22-14(3-5-21-6-4-14)12-11(9)20-13(19)23-12/h1-2,7H,3-6H2,(H2,19,20). The first-order valence-electron chi connectivity index (χ1n) is 7.14. The Morgan fingerprint density at radius 3 is 2.65 bits per heavy atom. The minimum absolute atomic E-state index is 0.208. The van der Waals surface area contributed by atoms with Gasteiger partial charge in [0.15, 0.2) is 5.13 Å². The summed E-state index contributed by atoms with van der Waals surface area (Å²) in [6, 6.07) is 3.50. The number of nitrogens with two attached hydrogens (primary N) is 1. The van der Waals surface area contributed by atoms with Crippen molar-refractivity contribution in [3.05, 3.63) is 28.6 Å². The average molecular weight is 342 g/mol. The van der Waals surface area contributed by atoms with Gasteiger partial charge in [0.2, 0.25) is 0 Å². The van der Waals surface area contributed by atoms with Gasteiger partial charge in [-0.2, -0.15) is 13.2 Å². The van der Waals surface area contributed by atoms with Crippen LogP contribution in [0.5, 0.6) is 5.75 Å². The normalized spacial score (nSPS) is 19.1. The van der Waals surface area contributed by atoms with E-state index in [4.69, 9.17) is 15.2 Å². The molecule has 122 valence electrons. The van der Waals surface area contributed by atoms with Crippen LogP contribution in [0.2, 0.25) is 0 Å². The fourth-order valence-corrected chi connectivity index (χ4v) is 4.12. The van der Waals surface area contributed by atoms with Crippen molar-refractivity contribution in [2.45, 2.75) is 24.6 Å². The Hall–Kier alpha value is -1.80. The maximum Gasteiger partial charge on any atom is 0.416 e. The van der Waals surface area contributed by atoms with Gasteiger partial charge in [-0.1, -0.05) is 11.3 Å². The van der Waals surface area contributed by atoms with E-state index in [1.54, 1.807) is 0 Å². The van der Waals surface area contributed by atoms with E-state index in [0.29, 0.717) is 42.4 Å². The molecule has 0 aliphatic carbocycles. The Kier molecular flexibility index (Phi) is 3.11. The Bertz CT molecular complexity index is 767. The maximum atomic E-state index is 13.0. The fraction of sp³-hybridized carbons (Fsp3) is 0.400. The van der Waals surface area contributed by atoms with E-state index in [-0.39, 0.29) is 5.75 Å². The third-order valence-electron chi connectivity index (χ3n) is 4.23. The van der Waals surface area contributed by atoms with Crippen LogP contribution in [-0.2, 0) is 16.5 Å². The van der Waals surface area contributed by atoms with Crippen LogP contribution in [0.25, 0.3) is 11.3 Å². The number of ether oxygens (including phenoxy) is 2. The molecule has 2 aromatic rings. The zero-order valence-corrected chi connectivity index (χ0v) is 12.8. The van der Waals surface area contributed by atoms with Crippen molar-refractivity contribution in [1.29, 1.82) is 0 Å². The van der Waals surface area contributed by atoms with Gasteiger partial charge in [-0.25, -0.2) is 4.98 Å². The first-order chi connectivity index (χ1) is 10.9. The molecule has 0 amide bonds. The van der Waals surface area contributed by atoms with Crippen molar-refractivity contribution in [3.63, 3.8) is 0 Å². The Morgan fingerprint density at radius 2 is 1.96 bits per heavy atom. The second-order valence-electron chi connectivity index (χ2n) is 5.65. The monoisotopic (exact) mass is 342 g/mol. The molecule has 4 nitrogen and oxygen atoms in total. The summed E-state index contributed by atoms with van der Waals surface area (Å²) in [4.78, 5) is 5.21. The number of fused-ring (bicyclic) bond motifs is 4. The van der Waals surface area contributed by atoms with Crippen LogP contribution in [0.1, 0.15) is 23.3 Å². The number of nitrogen functional groups attached to an aromatic ring is 1. The Morgan fingerprint density at radius 1 is 1.22 bits per heavy atom. The van der Waals surface area contributed by atoms with Gasteiger partial charge in [0.1, 0.15) is 11.4 Å². The van der Waals surface area contributed by atoms with E-state index < -0.39 is 17.3 Å². The number of hydrogen-bond donors (Lipinski definition) is 1. The second kappa shape index (κ2) is 4.85. The zero-order valence-electron chi connectivity index (χ0n) is 11.9. The van der Waals surface area contributed by atoms with Crippen LogP contribution in [0.4, 0.5) is 18.3 Å². The summed E-state index contributed by atoms with van der Waals surface area (Å²) in [5.74, 6) is 0.208. The highest BCUT2D eigenvalue weighted by molar-refractivity contribution is 7.16. The summed E-state index contributed by atoms with van der Waals surface area (Å²) < 4.78 is 50.4. The first kappa shape index (κ1) is 14.8. The number of rotatable bonds is 0. The number of alkyl halides is 3. The molecule has 1 saturated heterocycles. The number of nitrogens with zero attached hydrogens (tertiary/aromatic N) is 1. The minimum atomic E-state index is -4.41. The molecule has 1 spiro atoms. The number of hydrogen-bond acceptors (Lipinski definition) is 5. The van der Waals surface area contributed by atoms with E-state index in [9.17, 15) is 13.2 Å². The molecule has 2 aliphatic rings. The van der Waals surface area contributed by atoms with E-state index in [1.165, 1.54) is 17.4 Å². The number of benzene rings is 1. The lowest BCUT2D eigenvalue weighted by atomic mass is 9.87. The molecule has 1 fully saturated rings. The number of thiazole rings is 1. The molecule has 0 atom stereocenters. The summed E-state index contributed by atoms with van der Waals surface area (Å²) in [7, 11) is 0. The third kappa shape index (κ3) is 2.28. The quantitative estimate of drug-likeness (QED) is 0.791. The Labute approximate surface area is 134 Å². The summed E-state index contributed by atoms with van der Waals surface area (Å²) >= 11 is 1.33. The fourth-order valence-electron chi connectivity index (χ4n) is 3.09. The smallest absolute Gasteiger partial charge is 0.416 e.